The third-order valence-electron chi connectivity index (χ3n) is 12.5. The SMILES string of the molecule is c1ccc(-c2nc(-n3c4ccc5ccccc5c4c4c5c(c6ccccc6c43)-c3ccccc3C53CCCCC3)nc3c2ccc2ccccc23)cc1. The van der Waals surface area contributed by atoms with E-state index in [-0.39, 0.29) is 5.41 Å². The second-order valence-electron chi connectivity index (χ2n) is 15.1. The van der Waals surface area contributed by atoms with Crippen molar-refractivity contribution in [2.24, 2.45) is 0 Å². The quantitative estimate of drug-likeness (QED) is 0.171. The molecule has 8 aromatic carbocycles. The molecular weight excluding hydrogens is 643 g/mol. The van der Waals surface area contributed by atoms with E-state index in [1.165, 1.54) is 97.6 Å². The van der Waals surface area contributed by atoms with Crippen LogP contribution in [0.1, 0.15) is 43.2 Å². The number of rotatable bonds is 2. The Kier molecular flexibility index (Phi) is 5.99. The standard InChI is InChI=1S/C50H35N3/c1-3-17-33(18-4-1)46-39-27-25-32-16-6-8-20-35(32)47(39)52-49(51-46)53-41-28-26-31-15-5-7-19-34(31)43(41)44-45-42(36-21-9-10-22-37(36)48(44)53)38-23-11-12-24-40(38)50(45)29-13-2-14-30-50/h1,3-12,15-28H,2,13-14,29-30H2. The topological polar surface area (TPSA) is 30.7 Å². The number of fused-ring (bicyclic) bond motifs is 17. The summed E-state index contributed by atoms with van der Waals surface area (Å²) < 4.78 is 2.42. The van der Waals surface area contributed by atoms with Gasteiger partial charge >= 0.3 is 0 Å². The molecule has 3 heteroatoms. The fourth-order valence-corrected chi connectivity index (χ4v) is 10.4. The molecule has 1 fully saturated rings. The van der Waals surface area contributed by atoms with E-state index in [4.69, 9.17) is 9.97 Å². The fourth-order valence-electron chi connectivity index (χ4n) is 10.4. The van der Waals surface area contributed by atoms with E-state index in [0.717, 1.165) is 33.1 Å². The zero-order chi connectivity index (χ0) is 34.7. The van der Waals surface area contributed by atoms with Gasteiger partial charge in [-0.25, -0.2) is 9.97 Å². The molecule has 12 rings (SSSR count). The van der Waals surface area contributed by atoms with E-state index in [2.05, 4.69) is 156 Å². The fraction of sp³-hybridized carbons (Fsp3) is 0.120. The maximum atomic E-state index is 5.61. The molecule has 1 saturated carbocycles. The minimum Gasteiger partial charge on any atom is -0.277 e. The van der Waals surface area contributed by atoms with Gasteiger partial charge in [-0.1, -0.05) is 159 Å². The summed E-state index contributed by atoms with van der Waals surface area (Å²) in [5, 5.41) is 11.1. The van der Waals surface area contributed by atoms with Crippen LogP contribution in [0.5, 0.6) is 0 Å². The van der Waals surface area contributed by atoms with Gasteiger partial charge in [-0.2, -0.15) is 0 Å². The number of nitrogens with zero attached hydrogens (tertiary/aromatic N) is 3. The summed E-state index contributed by atoms with van der Waals surface area (Å²) in [6, 6.07) is 55.6. The first-order valence-corrected chi connectivity index (χ1v) is 19.1. The van der Waals surface area contributed by atoms with Crippen LogP contribution >= 0.6 is 0 Å². The van der Waals surface area contributed by atoms with Gasteiger partial charge < -0.3 is 0 Å². The first-order chi connectivity index (χ1) is 26.3. The van der Waals surface area contributed by atoms with E-state index in [1.54, 1.807) is 0 Å². The van der Waals surface area contributed by atoms with Crippen LogP contribution in [0.3, 0.4) is 0 Å². The van der Waals surface area contributed by atoms with Crippen LogP contribution in [0.2, 0.25) is 0 Å². The molecule has 0 unspecified atom stereocenters. The van der Waals surface area contributed by atoms with Crippen LogP contribution in [0.15, 0.2) is 152 Å². The van der Waals surface area contributed by atoms with Crippen molar-refractivity contribution in [1.29, 1.82) is 0 Å². The lowest BCUT2D eigenvalue weighted by molar-refractivity contribution is 0.355. The molecule has 0 atom stereocenters. The van der Waals surface area contributed by atoms with E-state index in [1.807, 2.05) is 0 Å². The van der Waals surface area contributed by atoms with Crippen molar-refractivity contribution >= 4 is 65.0 Å². The van der Waals surface area contributed by atoms with Gasteiger partial charge in [0, 0.05) is 37.9 Å². The second-order valence-corrected chi connectivity index (χ2v) is 15.1. The van der Waals surface area contributed by atoms with Crippen LogP contribution in [0.25, 0.3) is 93.4 Å². The highest BCUT2D eigenvalue weighted by atomic mass is 15.2. The summed E-state index contributed by atoms with van der Waals surface area (Å²) in [6.07, 6.45) is 6.10. The Bertz CT molecular complexity index is 3150. The van der Waals surface area contributed by atoms with E-state index < -0.39 is 0 Å². The van der Waals surface area contributed by atoms with Crippen molar-refractivity contribution in [1.82, 2.24) is 14.5 Å². The summed E-state index contributed by atoms with van der Waals surface area (Å²) in [7, 11) is 0. The van der Waals surface area contributed by atoms with Crippen LogP contribution < -0.4 is 0 Å². The first kappa shape index (κ1) is 29.3. The van der Waals surface area contributed by atoms with Gasteiger partial charge in [0.1, 0.15) is 0 Å². The van der Waals surface area contributed by atoms with Crippen molar-refractivity contribution in [2.75, 3.05) is 0 Å². The summed E-state index contributed by atoms with van der Waals surface area (Å²) in [5.41, 5.74) is 11.2. The molecule has 0 radical (unpaired) electrons. The average Bonchev–Trinajstić information content (AvgIpc) is 3.72. The molecular formula is C50H35N3. The third kappa shape index (κ3) is 3.89. The smallest absolute Gasteiger partial charge is 0.235 e. The molecule has 0 N–H and O–H groups in total. The van der Waals surface area contributed by atoms with Crippen molar-refractivity contribution < 1.29 is 0 Å². The van der Waals surface area contributed by atoms with Gasteiger partial charge in [0.05, 0.1) is 22.2 Å². The van der Waals surface area contributed by atoms with Crippen molar-refractivity contribution in [3.8, 4) is 28.3 Å². The lowest BCUT2D eigenvalue weighted by atomic mass is 9.66. The largest absolute Gasteiger partial charge is 0.277 e. The highest BCUT2D eigenvalue weighted by Gasteiger charge is 2.46. The van der Waals surface area contributed by atoms with Crippen LogP contribution in [-0.4, -0.2) is 14.5 Å². The van der Waals surface area contributed by atoms with Gasteiger partial charge in [0.15, 0.2) is 0 Å². The molecule has 2 aliphatic rings. The van der Waals surface area contributed by atoms with Crippen molar-refractivity contribution in [3.05, 3.63) is 163 Å². The van der Waals surface area contributed by atoms with Gasteiger partial charge in [0.25, 0.3) is 0 Å². The maximum absolute atomic E-state index is 5.61. The second kappa shape index (κ2) is 10.8. The summed E-state index contributed by atoms with van der Waals surface area (Å²) >= 11 is 0. The molecule has 53 heavy (non-hydrogen) atoms. The molecule has 0 aliphatic heterocycles. The van der Waals surface area contributed by atoms with E-state index in [9.17, 15) is 0 Å². The van der Waals surface area contributed by atoms with E-state index in [0.29, 0.717) is 5.95 Å². The third-order valence-corrected chi connectivity index (χ3v) is 12.5. The van der Waals surface area contributed by atoms with Crippen molar-refractivity contribution in [2.45, 2.75) is 37.5 Å². The Morgan fingerprint density at radius 2 is 1.15 bits per heavy atom. The zero-order valence-electron chi connectivity index (χ0n) is 29.3. The van der Waals surface area contributed by atoms with Crippen LogP contribution in [-0.2, 0) is 5.41 Å². The van der Waals surface area contributed by atoms with Gasteiger partial charge in [-0.05, 0) is 68.8 Å². The molecule has 0 saturated heterocycles. The molecule has 0 bridgehead atoms. The Morgan fingerprint density at radius 3 is 1.98 bits per heavy atom. The number of aromatic nitrogens is 3. The molecule has 250 valence electrons. The lowest BCUT2D eigenvalue weighted by Crippen LogP contribution is -2.28. The van der Waals surface area contributed by atoms with Gasteiger partial charge in [-0.15, -0.1) is 0 Å². The highest BCUT2D eigenvalue weighted by molar-refractivity contribution is 6.30. The molecule has 1 spiro atoms. The van der Waals surface area contributed by atoms with Crippen molar-refractivity contribution in [3.63, 3.8) is 0 Å². The Morgan fingerprint density at radius 1 is 0.491 bits per heavy atom. The number of hydrogen-bond donors (Lipinski definition) is 0. The molecule has 10 aromatic rings. The minimum atomic E-state index is -0.0435. The molecule has 2 aliphatic carbocycles. The maximum Gasteiger partial charge on any atom is 0.235 e. The highest BCUT2D eigenvalue weighted by Crippen LogP contribution is 2.61. The van der Waals surface area contributed by atoms with Gasteiger partial charge in [-0.3, -0.25) is 4.57 Å². The molecule has 0 amide bonds. The Labute approximate surface area is 307 Å². The van der Waals surface area contributed by atoms with Crippen LogP contribution in [0.4, 0.5) is 0 Å². The lowest BCUT2D eigenvalue weighted by Gasteiger charge is -2.36. The number of hydrogen-bond acceptors (Lipinski definition) is 2. The van der Waals surface area contributed by atoms with E-state index >= 15 is 0 Å². The molecule has 3 nitrogen and oxygen atoms in total. The normalized spacial score (nSPS) is 14.9. The summed E-state index contributed by atoms with van der Waals surface area (Å²) in [5.74, 6) is 0.710. The Hall–Kier alpha value is -6.32. The predicted octanol–water partition coefficient (Wildman–Crippen LogP) is 13.1. The van der Waals surface area contributed by atoms with Gasteiger partial charge in [0.2, 0.25) is 5.95 Å². The van der Waals surface area contributed by atoms with Crippen LogP contribution in [0, 0.1) is 0 Å². The zero-order valence-corrected chi connectivity index (χ0v) is 29.3. The summed E-state index contributed by atoms with van der Waals surface area (Å²) in [4.78, 5) is 11.2. The Balaban J connectivity index is 1.34. The monoisotopic (exact) mass is 677 g/mol. The average molecular weight is 678 g/mol. The predicted molar refractivity (Wildman–Crippen MR) is 221 cm³/mol. The molecule has 2 aromatic heterocycles. The first-order valence-electron chi connectivity index (χ1n) is 19.1. The minimum absolute atomic E-state index is 0.0435. The number of benzene rings is 8. The summed E-state index contributed by atoms with van der Waals surface area (Å²) in [6.45, 7) is 0. The molecule has 2 heterocycles.